The molecule has 0 radical (unpaired) electrons. The van der Waals surface area contributed by atoms with Crippen LogP contribution in [0.4, 0.5) is 0 Å². The second kappa shape index (κ2) is 7.94. The molecule has 0 spiro atoms. The third kappa shape index (κ3) is 4.31. The number of nitrogens with zero attached hydrogens (tertiary/aromatic N) is 1. The molecule has 2 N–H and O–H groups in total. The lowest BCUT2D eigenvalue weighted by Gasteiger charge is -2.32. The number of nitrogens with two attached hydrogens (primary N) is 1. The number of benzene rings is 1. The van der Waals surface area contributed by atoms with E-state index in [1.165, 1.54) is 0 Å². The van der Waals surface area contributed by atoms with Gasteiger partial charge in [-0.15, -0.1) is 0 Å². The van der Waals surface area contributed by atoms with Gasteiger partial charge in [-0.1, -0.05) is 30.3 Å². The van der Waals surface area contributed by atoms with Crippen molar-refractivity contribution in [1.82, 2.24) is 4.90 Å². The molecule has 5 nitrogen and oxygen atoms in total. The summed E-state index contributed by atoms with van der Waals surface area (Å²) < 4.78 is 5.04. The van der Waals surface area contributed by atoms with E-state index in [2.05, 4.69) is 0 Å². The predicted octanol–water partition coefficient (Wildman–Crippen LogP) is 1.36. The fourth-order valence-electron chi connectivity index (χ4n) is 2.79. The van der Waals surface area contributed by atoms with E-state index >= 15 is 0 Å². The lowest BCUT2D eigenvalue weighted by atomic mass is 9.96. The molecule has 120 valence electrons. The zero-order valence-electron chi connectivity index (χ0n) is 13.0. The maximum Gasteiger partial charge on any atom is 0.309 e. The standard InChI is InChI=1S/C17H24N2O3/c1-2-22-17(21)14-8-10-19(11-9-14)16(20)15(18)12-13-6-4-3-5-7-13/h3-7,14-15H,2,8-12,18H2,1H3/t15-/m0/s1. The Morgan fingerprint density at radius 2 is 1.91 bits per heavy atom. The van der Waals surface area contributed by atoms with Crippen molar-refractivity contribution in [1.29, 1.82) is 0 Å². The number of hydrogen-bond donors (Lipinski definition) is 1. The van der Waals surface area contributed by atoms with Crippen molar-refractivity contribution in [3.8, 4) is 0 Å². The van der Waals surface area contributed by atoms with Crippen molar-refractivity contribution >= 4 is 11.9 Å². The first-order valence-corrected chi connectivity index (χ1v) is 7.86. The van der Waals surface area contributed by atoms with Crippen LogP contribution >= 0.6 is 0 Å². The monoisotopic (exact) mass is 304 g/mol. The molecule has 1 aromatic carbocycles. The van der Waals surface area contributed by atoms with Gasteiger partial charge in [0.25, 0.3) is 0 Å². The first-order chi connectivity index (χ1) is 10.6. The molecule has 1 amide bonds. The largest absolute Gasteiger partial charge is 0.466 e. The Hall–Kier alpha value is -1.88. The minimum atomic E-state index is -0.526. The number of carbonyl (C=O) groups is 2. The fraction of sp³-hybridized carbons (Fsp3) is 0.529. The van der Waals surface area contributed by atoms with Crippen molar-refractivity contribution in [2.45, 2.75) is 32.2 Å². The number of carbonyl (C=O) groups excluding carboxylic acids is 2. The Morgan fingerprint density at radius 1 is 1.27 bits per heavy atom. The topological polar surface area (TPSA) is 72.6 Å². The quantitative estimate of drug-likeness (QED) is 0.834. The van der Waals surface area contributed by atoms with Crippen LogP contribution in [0.25, 0.3) is 0 Å². The van der Waals surface area contributed by atoms with Crippen LogP contribution in [0, 0.1) is 5.92 Å². The van der Waals surface area contributed by atoms with E-state index < -0.39 is 6.04 Å². The fourth-order valence-corrected chi connectivity index (χ4v) is 2.79. The van der Waals surface area contributed by atoms with E-state index in [4.69, 9.17) is 10.5 Å². The van der Waals surface area contributed by atoms with E-state index in [-0.39, 0.29) is 17.8 Å². The Morgan fingerprint density at radius 3 is 2.50 bits per heavy atom. The van der Waals surface area contributed by atoms with Gasteiger partial charge in [0.1, 0.15) is 0 Å². The second-order valence-electron chi connectivity index (χ2n) is 5.65. The first kappa shape index (κ1) is 16.5. The summed E-state index contributed by atoms with van der Waals surface area (Å²) in [5.41, 5.74) is 7.10. The van der Waals surface area contributed by atoms with Gasteiger partial charge in [-0.3, -0.25) is 9.59 Å². The Balaban J connectivity index is 1.83. The Labute approximate surface area is 131 Å². The van der Waals surface area contributed by atoms with E-state index in [0.717, 1.165) is 5.56 Å². The van der Waals surface area contributed by atoms with E-state index in [1.54, 1.807) is 11.8 Å². The van der Waals surface area contributed by atoms with Gasteiger partial charge >= 0.3 is 5.97 Å². The maximum atomic E-state index is 12.4. The smallest absolute Gasteiger partial charge is 0.309 e. The minimum Gasteiger partial charge on any atom is -0.466 e. The van der Waals surface area contributed by atoms with Crippen molar-refractivity contribution in [3.63, 3.8) is 0 Å². The third-order valence-corrected chi connectivity index (χ3v) is 4.04. The summed E-state index contributed by atoms with van der Waals surface area (Å²) >= 11 is 0. The predicted molar refractivity (Wildman–Crippen MR) is 84.1 cm³/mol. The molecule has 22 heavy (non-hydrogen) atoms. The Bertz CT molecular complexity index is 496. The van der Waals surface area contributed by atoms with Gasteiger partial charge in [0.2, 0.25) is 5.91 Å². The molecule has 1 aliphatic heterocycles. The molecule has 5 heteroatoms. The van der Waals surface area contributed by atoms with Crippen molar-refractivity contribution in [2.75, 3.05) is 19.7 Å². The zero-order valence-corrected chi connectivity index (χ0v) is 13.0. The number of ether oxygens (including phenoxy) is 1. The molecule has 1 fully saturated rings. The third-order valence-electron chi connectivity index (χ3n) is 4.04. The van der Waals surface area contributed by atoms with Crippen LogP contribution in [0.1, 0.15) is 25.3 Å². The van der Waals surface area contributed by atoms with Gasteiger partial charge in [0.05, 0.1) is 18.6 Å². The van der Waals surface area contributed by atoms with Crippen LogP contribution in [0.2, 0.25) is 0 Å². The minimum absolute atomic E-state index is 0.0360. The van der Waals surface area contributed by atoms with Crippen LogP contribution < -0.4 is 5.73 Å². The van der Waals surface area contributed by atoms with E-state index in [1.807, 2.05) is 30.3 Å². The van der Waals surface area contributed by atoms with Crippen molar-refractivity contribution < 1.29 is 14.3 Å². The van der Waals surface area contributed by atoms with Gasteiger partial charge in [-0.25, -0.2) is 0 Å². The van der Waals surface area contributed by atoms with Gasteiger partial charge in [0.15, 0.2) is 0 Å². The molecule has 1 atom stereocenters. The van der Waals surface area contributed by atoms with Gasteiger partial charge in [0, 0.05) is 13.1 Å². The molecule has 1 saturated heterocycles. The highest BCUT2D eigenvalue weighted by molar-refractivity contribution is 5.82. The molecular weight excluding hydrogens is 280 g/mol. The summed E-state index contributed by atoms with van der Waals surface area (Å²) in [5.74, 6) is -0.274. The lowest BCUT2D eigenvalue weighted by Crippen LogP contribution is -2.48. The van der Waals surface area contributed by atoms with Crippen LogP contribution in [-0.2, 0) is 20.7 Å². The van der Waals surface area contributed by atoms with Gasteiger partial charge < -0.3 is 15.4 Å². The normalized spacial score (nSPS) is 17.1. The molecule has 1 heterocycles. The molecule has 0 aliphatic carbocycles. The molecule has 0 unspecified atom stereocenters. The average molecular weight is 304 g/mol. The van der Waals surface area contributed by atoms with Crippen molar-refractivity contribution in [2.24, 2.45) is 11.7 Å². The molecule has 0 aromatic heterocycles. The number of hydrogen-bond acceptors (Lipinski definition) is 4. The highest BCUT2D eigenvalue weighted by Gasteiger charge is 2.30. The number of esters is 1. The molecule has 0 bridgehead atoms. The molecule has 1 aromatic rings. The highest BCUT2D eigenvalue weighted by atomic mass is 16.5. The molecule has 0 saturated carbocycles. The summed E-state index contributed by atoms with van der Waals surface area (Å²) in [6.45, 7) is 3.36. The molecular formula is C17H24N2O3. The highest BCUT2D eigenvalue weighted by Crippen LogP contribution is 2.19. The summed E-state index contributed by atoms with van der Waals surface area (Å²) in [7, 11) is 0. The van der Waals surface area contributed by atoms with Crippen LogP contribution in [-0.4, -0.2) is 42.5 Å². The van der Waals surface area contributed by atoms with E-state index in [9.17, 15) is 9.59 Å². The number of piperidine rings is 1. The van der Waals surface area contributed by atoms with Crippen LogP contribution in [0.5, 0.6) is 0 Å². The van der Waals surface area contributed by atoms with Crippen LogP contribution in [0.3, 0.4) is 0 Å². The summed E-state index contributed by atoms with van der Waals surface area (Å²) in [6, 6.07) is 9.24. The summed E-state index contributed by atoms with van der Waals surface area (Å²) in [5, 5.41) is 0. The second-order valence-corrected chi connectivity index (χ2v) is 5.65. The van der Waals surface area contributed by atoms with Crippen molar-refractivity contribution in [3.05, 3.63) is 35.9 Å². The Kier molecular flexibility index (Phi) is 5.95. The molecule has 2 rings (SSSR count). The van der Waals surface area contributed by atoms with Gasteiger partial charge in [-0.2, -0.15) is 0 Å². The maximum absolute atomic E-state index is 12.4. The number of likely N-dealkylation sites (tertiary alicyclic amines) is 1. The SMILES string of the molecule is CCOC(=O)C1CCN(C(=O)[C@@H](N)Cc2ccccc2)CC1. The zero-order chi connectivity index (χ0) is 15.9. The summed E-state index contributed by atoms with van der Waals surface area (Å²) in [4.78, 5) is 25.9. The number of rotatable bonds is 5. The molecule has 1 aliphatic rings. The average Bonchev–Trinajstić information content (AvgIpc) is 2.55. The van der Waals surface area contributed by atoms with Crippen LogP contribution in [0.15, 0.2) is 30.3 Å². The number of amides is 1. The lowest BCUT2D eigenvalue weighted by molar-refractivity contribution is -0.151. The van der Waals surface area contributed by atoms with Gasteiger partial charge in [-0.05, 0) is 31.7 Å². The van der Waals surface area contributed by atoms with E-state index in [0.29, 0.717) is 39.0 Å². The first-order valence-electron chi connectivity index (χ1n) is 7.86. The summed E-state index contributed by atoms with van der Waals surface area (Å²) in [6.07, 6.45) is 1.85.